The third-order valence-electron chi connectivity index (χ3n) is 6.11. The molecule has 9 heteroatoms. The van der Waals surface area contributed by atoms with E-state index in [0.29, 0.717) is 24.8 Å². The molecule has 1 aliphatic rings. The molecular formula is C25H32N6O2S. The zero-order valence-corrected chi connectivity index (χ0v) is 20.5. The first-order valence-corrected chi connectivity index (χ1v) is 12.5. The van der Waals surface area contributed by atoms with E-state index < -0.39 is 0 Å². The Morgan fingerprint density at radius 2 is 1.94 bits per heavy atom. The van der Waals surface area contributed by atoms with Crippen LogP contribution in [-0.4, -0.2) is 47.0 Å². The fourth-order valence-corrected chi connectivity index (χ4v) is 5.18. The molecule has 180 valence electrons. The lowest BCUT2D eigenvalue weighted by atomic mass is 9.96. The number of likely N-dealkylation sites (tertiary alicyclic amines) is 1. The van der Waals surface area contributed by atoms with Gasteiger partial charge in [0, 0.05) is 23.5 Å². The van der Waals surface area contributed by atoms with Gasteiger partial charge in [0.15, 0.2) is 0 Å². The number of nitrogen functional groups attached to an aromatic ring is 2. The minimum atomic E-state index is -0.260. The highest BCUT2D eigenvalue weighted by molar-refractivity contribution is 7.15. The van der Waals surface area contributed by atoms with Gasteiger partial charge in [0.05, 0.1) is 18.0 Å². The maximum Gasteiger partial charge on any atom is 0.270 e. The summed E-state index contributed by atoms with van der Waals surface area (Å²) in [7, 11) is 0. The minimum absolute atomic E-state index is 0.203. The zero-order valence-electron chi connectivity index (χ0n) is 19.7. The van der Waals surface area contributed by atoms with Gasteiger partial charge >= 0.3 is 0 Å². The van der Waals surface area contributed by atoms with E-state index >= 15 is 0 Å². The highest BCUT2D eigenvalue weighted by atomic mass is 32.1. The van der Waals surface area contributed by atoms with Crippen LogP contribution >= 0.6 is 11.3 Å². The highest BCUT2D eigenvalue weighted by Crippen LogP contribution is 2.30. The second-order valence-electron chi connectivity index (χ2n) is 8.57. The van der Waals surface area contributed by atoms with E-state index in [0.717, 1.165) is 43.2 Å². The molecule has 0 radical (unpaired) electrons. The maximum absolute atomic E-state index is 12.6. The number of hydrogen-bond donors (Lipinski definition) is 3. The van der Waals surface area contributed by atoms with E-state index in [9.17, 15) is 4.79 Å². The van der Waals surface area contributed by atoms with E-state index in [1.54, 1.807) is 11.3 Å². The number of carbonyl (C=O) groups excluding carboxylic acids is 1. The number of aryl methyl sites for hydroxylation is 1. The van der Waals surface area contributed by atoms with Gasteiger partial charge in [-0.3, -0.25) is 9.69 Å². The molecule has 3 aromatic rings. The number of rotatable bonds is 8. The van der Waals surface area contributed by atoms with Crippen LogP contribution in [0.2, 0.25) is 0 Å². The van der Waals surface area contributed by atoms with E-state index in [4.69, 9.17) is 21.2 Å². The lowest BCUT2D eigenvalue weighted by Crippen LogP contribution is -2.38. The molecule has 8 nitrogen and oxygen atoms in total. The van der Waals surface area contributed by atoms with Gasteiger partial charge in [0.2, 0.25) is 5.88 Å². The Hall–Kier alpha value is -3.17. The number of nitrogens with one attached hydrogen (secondary N) is 1. The Labute approximate surface area is 204 Å². The topological polar surface area (TPSA) is 119 Å². The molecule has 1 aromatic carbocycles. The van der Waals surface area contributed by atoms with Crippen LogP contribution < -0.4 is 21.5 Å². The molecule has 4 rings (SSSR count). The lowest BCUT2D eigenvalue weighted by Gasteiger charge is -2.31. The van der Waals surface area contributed by atoms with Crippen molar-refractivity contribution in [3.05, 3.63) is 52.7 Å². The number of hydrogen-bond acceptors (Lipinski definition) is 8. The Balaban J connectivity index is 1.27. The predicted molar refractivity (Wildman–Crippen MR) is 137 cm³/mol. The smallest absolute Gasteiger partial charge is 0.270 e. The van der Waals surface area contributed by atoms with Crippen molar-refractivity contribution >= 4 is 28.6 Å². The van der Waals surface area contributed by atoms with Gasteiger partial charge in [-0.1, -0.05) is 30.3 Å². The number of nitrogens with two attached hydrogens (primary N) is 2. The second kappa shape index (κ2) is 10.8. The van der Waals surface area contributed by atoms with Crippen molar-refractivity contribution in [2.75, 3.05) is 37.7 Å². The number of aromatic nitrogens is 2. The summed E-state index contributed by atoms with van der Waals surface area (Å²) in [5.41, 5.74) is 14.9. The number of carbonyl (C=O) groups is 1. The highest BCUT2D eigenvalue weighted by Gasteiger charge is 2.22. The average molecular weight is 481 g/mol. The molecule has 0 unspecified atom stereocenters. The lowest BCUT2D eigenvalue weighted by molar-refractivity contribution is 0.0929. The first-order valence-electron chi connectivity index (χ1n) is 11.7. The van der Waals surface area contributed by atoms with Crippen molar-refractivity contribution in [3.63, 3.8) is 0 Å². The predicted octanol–water partition coefficient (Wildman–Crippen LogP) is 3.72. The number of piperidine rings is 1. The average Bonchev–Trinajstić information content (AvgIpc) is 3.22. The van der Waals surface area contributed by atoms with Gasteiger partial charge < -0.3 is 21.5 Å². The fourth-order valence-electron chi connectivity index (χ4n) is 4.07. The van der Waals surface area contributed by atoms with Gasteiger partial charge in [-0.05, 0) is 51.8 Å². The Kier molecular flexibility index (Phi) is 7.64. The molecule has 34 heavy (non-hydrogen) atoms. The van der Waals surface area contributed by atoms with Gasteiger partial charge in [-0.2, -0.15) is 0 Å². The number of pyridine rings is 1. The first kappa shape index (κ1) is 24.0. The van der Waals surface area contributed by atoms with Gasteiger partial charge in [0.1, 0.15) is 16.4 Å². The fraction of sp³-hybridized carbons (Fsp3) is 0.400. The number of benzene rings is 1. The van der Waals surface area contributed by atoms with Crippen molar-refractivity contribution < 1.29 is 9.53 Å². The summed E-state index contributed by atoms with van der Waals surface area (Å²) in [5.74, 6) is 0.374. The molecule has 0 atom stereocenters. The molecule has 1 amide bonds. The minimum Gasteiger partial charge on any atom is -0.476 e. The van der Waals surface area contributed by atoms with Crippen LogP contribution in [0.3, 0.4) is 0 Å². The standard InChI is InChI=1S/C25H32N6O2S/c1-3-33-24-22(27)19(26)13-20(30-24)23(32)28-14-17-9-11-31(12-10-17)15-21-16(2)29-25(34-21)18-7-5-4-6-8-18/h4-8,13,17H,3,9-12,14-15,27H2,1-2H3,(H2,26,30)(H,28,32). The number of thiazole rings is 1. The molecule has 3 heterocycles. The molecule has 1 aliphatic heterocycles. The van der Waals surface area contributed by atoms with Crippen molar-refractivity contribution in [2.45, 2.75) is 33.2 Å². The molecule has 0 aliphatic carbocycles. The van der Waals surface area contributed by atoms with Gasteiger partial charge in [-0.25, -0.2) is 9.97 Å². The molecule has 5 N–H and O–H groups in total. The summed E-state index contributed by atoms with van der Waals surface area (Å²) in [5, 5.41) is 4.08. The van der Waals surface area contributed by atoms with Crippen LogP contribution in [0, 0.1) is 12.8 Å². The van der Waals surface area contributed by atoms with E-state index in [2.05, 4.69) is 34.3 Å². The SMILES string of the molecule is CCOc1nc(C(=O)NCC2CCN(Cc3sc(-c4ccccc4)nc3C)CC2)cc(N)c1N. The number of ether oxygens (including phenoxy) is 1. The molecule has 1 fully saturated rings. The molecule has 0 saturated carbocycles. The van der Waals surface area contributed by atoms with Crippen LogP contribution in [-0.2, 0) is 6.54 Å². The van der Waals surface area contributed by atoms with E-state index in [1.807, 2.05) is 25.1 Å². The molecule has 1 saturated heterocycles. The van der Waals surface area contributed by atoms with Crippen molar-refractivity contribution in [2.24, 2.45) is 5.92 Å². The van der Waals surface area contributed by atoms with E-state index in [-0.39, 0.29) is 23.2 Å². The number of amides is 1. The Morgan fingerprint density at radius 1 is 1.21 bits per heavy atom. The number of nitrogens with zero attached hydrogens (tertiary/aromatic N) is 3. The Morgan fingerprint density at radius 3 is 2.65 bits per heavy atom. The molecule has 0 spiro atoms. The summed E-state index contributed by atoms with van der Waals surface area (Å²) < 4.78 is 5.39. The zero-order chi connectivity index (χ0) is 24.1. The van der Waals surface area contributed by atoms with Crippen LogP contribution in [0.5, 0.6) is 5.88 Å². The van der Waals surface area contributed by atoms with Crippen LogP contribution in [0.4, 0.5) is 11.4 Å². The maximum atomic E-state index is 12.6. The number of anilines is 2. The monoisotopic (exact) mass is 480 g/mol. The summed E-state index contributed by atoms with van der Waals surface area (Å²) >= 11 is 1.78. The summed E-state index contributed by atoms with van der Waals surface area (Å²) in [6.07, 6.45) is 2.07. The largest absolute Gasteiger partial charge is 0.476 e. The van der Waals surface area contributed by atoms with E-state index in [1.165, 1.54) is 16.5 Å². The normalized spacial score (nSPS) is 14.8. The van der Waals surface area contributed by atoms with Crippen LogP contribution in [0.1, 0.15) is 40.8 Å². The van der Waals surface area contributed by atoms with Crippen molar-refractivity contribution in [1.29, 1.82) is 0 Å². The van der Waals surface area contributed by atoms with Crippen molar-refractivity contribution in [3.8, 4) is 16.5 Å². The quantitative estimate of drug-likeness (QED) is 0.449. The van der Waals surface area contributed by atoms with Gasteiger partial charge in [-0.15, -0.1) is 11.3 Å². The molecular weight excluding hydrogens is 448 g/mol. The van der Waals surface area contributed by atoms with Crippen LogP contribution in [0.25, 0.3) is 10.6 Å². The molecule has 2 aromatic heterocycles. The first-order chi connectivity index (χ1) is 16.4. The summed E-state index contributed by atoms with van der Waals surface area (Å²) in [4.78, 5) is 25.4. The van der Waals surface area contributed by atoms with Crippen molar-refractivity contribution in [1.82, 2.24) is 20.2 Å². The molecule has 0 bridgehead atoms. The van der Waals surface area contributed by atoms with Gasteiger partial charge in [0.25, 0.3) is 5.91 Å². The summed E-state index contributed by atoms with van der Waals surface area (Å²) in [6, 6.07) is 11.8. The second-order valence-corrected chi connectivity index (χ2v) is 9.66. The van der Waals surface area contributed by atoms with Crippen LogP contribution in [0.15, 0.2) is 36.4 Å². The third-order valence-corrected chi connectivity index (χ3v) is 7.30. The third kappa shape index (κ3) is 5.66. The Bertz CT molecular complexity index is 1130. The summed E-state index contributed by atoms with van der Waals surface area (Å²) in [6.45, 7) is 7.85.